The van der Waals surface area contributed by atoms with Crippen molar-refractivity contribution in [2.45, 2.75) is 13.0 Å². The molecule has 3 heterocycles. The van der Waals surface area contributed by atoms with Gasteiger partial charge in [0.15, 0.2) is 6.54 Å². The molecule has 0 spiro atoms. The summed E-state index contributed by atoms with van der Waals surface area (Å²) >= 11 is 0. The van der Waals surface area contributed by atoms with E-state index >= 15 is 0 Å². The van der Waals surface area contributed by atoms with Crippen molar-refractivity contribution in [3.63, 3.8) is 0 Å². The van der Waals surface area contributed by atoms with Gasteiger partial charge in [0.05, 0.1) is 6.20 Å². The molecule has 5 heteroatoms. The van der Waals surface area contributed by atoms with Crippen LogP contribution in [0.4, 0.5) is 5.82 Å². The van der Waals surface area contributed by atoms with Crippen LogP contribution in [0.5, 0.6) is 0 Å². The maximum Gasteiger partial charge on any atom is 0.278 e. The van der Waals surface area contributed by atoms with Crippen molar-refractivity contribution in [3.8, 4) is 0 Å². The van der Waals surface area contributed by atoms with Crippen LogP contribution in [0.15, 0.2) is 48.7 Å². The van der Waals surface area contributed by atoms with Gasteiger partial charge in [-0.3, -0.25) is 9.69 Å². The summed E-state index contributed by atoms with van der Waals surface area (Å²) in [6, 6.07) is 14.7. The number of quaternary nitrogens is 1. The summed E-state index contributed by atoms with van der Waals surface area (Å²) in [6.45, 7) is 6.26. The molecule has 1 aromatic carbocycles. The Hall–Kier alpha value is -2.40. The van der Waals surface area contributed by atoms with Crippen molar-refractivity contribution in [2.24, 2.45) is 0 Å². The molecule has 5 nitrogen and oxygen atoms in total. The monoisotopic (exact) mass is 338 g/mol. The van der Waals surface area contributed by atoms with Crippen LogP contribution < -0.4 is 14.8 Å². The molecule has 130 valence electrons. The number of carbonyl (C=O) groups is 1. The van der Waals surface area contributed by atoms with Gasteiger partial charge in [0.1, 0.15) is 26.2 Å². The Kier molecular flexibility index (Phi) is 4.65. The predicted octanol–water partition coefficient (Wildman–Crippen LogP) is -0.209. The number of hydrogen-bond acceptors (Lipinski definition) is 2. The molecule has 0 atom stereocenters. The van der Waals surface area contributed by atoms with Crippen LogP contribution in [0.3, 0.4) is 0 Å². The summed E-state index contributed by atoms with van der Waals surface area (Å²) in [5.74, 6) is 1.46. The molecule has 25 heavy (non-hydrogen) atoms. The Bertz CT molecular complexity index is 725. The summed E-state index contributed by atoms with van der Waals surface area (Å²) in [4.78, 5) is 21.8. The van der Waals surface area contributed by atoms with Crippen molar-refractivity contribution >= 4 is 11.7 Å². The maximum absolute atomic E-state index is 12.7. The second-order valence-electron chi connectivity index (χ2n) is 7.00. The summed E-state index contributed by atoms with van der Waals surface area (Å²) < 4.78 is 0. The number of benzene rings is 1. The van der Waals surface area contributed by atoms with Crippen LogP contribution in [0.25, 0.3) is 0 Å². The zero-order valence-electron chi connectivity index (χ0n) is 14.6. The average Bonchev–Trinajstić information content (AvgIpc) is 2.69. The number of nitrogens with zero attached hydrogens (tertiary/aromatic N) is 2. The van der Waals surface area contributed by atoms with Crippen molar-refractivity contribution in [1.29, 1.82) is 0 Å². The minimum Gasteiger partial charge on any atom is -0.333 e. The lowest BCUT2D eigenvalue weighted by Crippen LogP contribution is -3.16. The standard InChI is InChI=1S/C20H24N4O/c25-20(24-10-8-17-5-1-2-6-18(17)15-24)16-22-11-13-23(14-12-22)19-7-3-4-9-21-19/h1-7,9H,8,10-16H2/p+2. The smallest absolute Gasteiger partial charge is 0.278 e. The van der Waals surface area contributed by atoms with E-state index in [1.165, 1.54) is 21.8 Å². The number of piperazine rings is 1. The second kappa shape index (κ2) is 7.23. The molecule has 1 aromatic heterocycles. The van der Waals surface area contributed by atoms with E-state index in [4.69, 9.17) is 0 Å². The first-order valence-electron chi connectivity index (χ1n) is 9.19. The van der Waals surface area contributed by atoms with E-state index in [-0.39, 0.29) is 0 Å². The van der Waals surface area contributed by atoms with Gasteiger partial charge < -0.3 is 9.80 Å². The number of nitrogens with one attached hydrogen (secondary N) is 2. The number of aromatic nitrogens is 1. The number of rotatable bonds is 3. The molecule has 2 aliphatic rings. The van der Waals surface area contributed by atoms with E-state index in [9.17, 15) is 4.79 Å². The number of H-pyrrole nitrogens is 1. The number of pyridine rings is 1. The van der Waals surface area contributed by atoms with Crippen LogP contribution in [-0.4, -0.2) is 50.1 Å². The SMILES string of the molecule is O=C(C[NH+]1CCN(c2cccc[nH+]2)CC1)N1CCc2ccccc2C1. The number of aromatic amines is 1. The fraction of sp³-hybridized carbons (Fsp3) is 0.400. The minimum atomic E-state index is 0.296. The molecule has 0 unspecified atom stereocenters. The van der Waals surface area contributed by atoms with Gasteiger partial charge in [-0.2, -0.15) is 0 Å². The van der Waals surface area contributed by atoms with Crippen LogP contribution in [0.2, 0.25) is 0 Å². The van der Waals surface area contributed by atoms with E-state index in [1.54, 1.807) is 0 Å². The molecule has 1 saturated heterocycles. The first-order chi connectivity index (χ1) is 12.3. The average molecular weight is 338 g/mol. The molecule has 2 N–H and O–H groups in total. The van der Waals surface area contributed by atoms with Gasteiger partial charge in [-0.25, -0.2) is 4.98 Å². The molecule has 0 radical (unpaired) electrons. The number of anilines is 1. The lowest BCUT2D eigenvalue weighted by atomic mass is 10.00. The van der Waals surface area contributed by atoms with Gasteiger partial charge in [-0.15, -0.1) is 0 Å². The third-order valence-electron chi connectivity index (χ3n) is 5.39. The normalized spacial score (nSPS) is 18.1. The van der Waals surface area contributed by atoms with Gasteiger partial charge in [0.25, 0.3) is 11.7 Å². The molecular weight excluding hydrogens is 312 g/mol. The van der Waals surface area contributed by atoms with Gasteiger partial charge in [-0.05, 0) is 23.6 Å². The van der Waals surface area contributed by atoms with Crippen LogP contribution in [-0.2, 0) is 17.8 Å². The largest absolute Gasteiger partial charge is 0.333 e. The molecule has 1 fully saturated rings. The number of hydrogen-bond donors (Lipinski definition) is 1. The summed E-state index contributed by atoms with van der Waals surface area (Å²) in [5.41, 5.74) is 2.70. The molecule has 4 rings (SSSR count). The van der Waals surface area contributed by atoms with E-state index in [0.29, 0.717) is 12.5 Å². The number of fused-ring (bicyclic) bond motifs is 1. The van der Waals surface area contributed by atoms with Crippen molar-refractivity contribution in [3.05, 3.63) is 59.8 Å². The molecule has 2 aliphatic heterocycles. The highest BCUT2D eigenvalue weighted by atomic mass is 16.2. The summed E-state index contributed by atoms with van der Waals surface area (Å²) in [7, 11) is 0. The molecule has 2 aromatic rings. The highest BCUT2D eigenvalue weighted by molar-refractivity contribution is 5.77. The van der Waals surface area contributed by atoms with Crippen molar-refractivity contribution in [1.82, 2.24) is 4.90 Å². The molecule has 1 amide bonds. The Labute approximate surface area is 148 Å². The zero-order chi connectivity index (χ0) is 17.1. The lowest BCUT2D eigenvalue weighted by molar-refractivity contribution is -0.892. The van der Waals surface area contributed by atoms with Gasteiger partial charge in [0.2, 0.25) is 0 Å². The molecule has 0 saturated carbocycles. The topological polar surface area (TPSA) is 42.1 Å². The minimum absolute atomic E-state index is 0.296. The van der Waals surface area contributed by atoms with Crippen molar-refractivity contribution < 1.29 is 14.7 Å². The van der Waals surface area contributed by atoms with E-state index in [1.807, 2.05) is 17.2 Å². The van der Waals surface area contributed by atoms with E-state index in [0.717, 1.165) is 45.7 Å². The fourth-order valence-electron chi connectivity index (χ4n) is 3.86. The molecule has 0 aliphatic carbocycles. The number of amides is 1. The second-order valence-corrected chi connectivity index (χ2v) is 7.00. The van der Waals surface area contributed by atoms with Gasteiger partial charge in [-0.1, -0.05) is 30.3 Å². The Morgan fingerprint density at radius 2 is 1.76 bits per heavy atom. The highest BCUT2D eigenvalue weighted by Crippen LogP contribution is 2.18. The summed E-state index contributed by atoms with van der Waals surface area (Å²) in [6.07, 6.45) is 2.95. The quantitative estimate of drug-likeness (QED) is 0.842. The first kappa shape index (κ1) is 16.1. The van der Waals surface area contributed by atoms with Crippen molar-refractivity contribution in [2.75, 3.05) is 44.2 Å². The third kappa shape index (κ3) is 3.66. The third-order valence-corrected chi connectivity index (χ3v) is 5.39. The van der Waals surface area contributed by atoms with E-state index in [2.05, 4.69) is 46.3 Å². The van der Waals surface area contributed by atoms with E-state index < -0.39 is 0 Å². The number of carbonyl (C=O) groups excluding carboxylic acids is 1. The highest BCUT2D eigenvalue weighted by Gasteiger charge is 2.29. The van der Waals surface area contributed by atoms with Crippen LogP contribution >= 0.6 is 0 Å². The Balaban J connectivity index is 1.30. The lowest BCUT2D eigenvalue weighted by Gasteiger charge is -2.32. The van der Waals surface area contributed by atoms with Gasteiger partial charge in [0, 0.05) is 19.2 Å². The fourth-order valence-corrected chi connectivity index (χ4v) is 3.86. The van der Waals surface area contributed by atoms with Gasteiger partial charge >= 0.3 is 0 Å². The first-order valence-corrected chi connectivity index (χ1v) is 9.19. The maximum atomic E-state index is 12.7. The molecule has 0 bridgehead atoms. The zero-order valence-corrected chi connectivity index (χ0v) is 14.6. The Morgan fingerprint density at radius 1 is 1.00 bits per heavy atom. The Morgan fingerprint density at radius 3 is 2.52 bits per heavy atom. The molecular formula is C20H26N4O+2. The van der Waals surface area contributed by atoms with Crippen LogP contribution in [0.1, 0.15) is 11.1 Å². The van der Waals surface area contributed by atoms with Crippen LogP contribution in [0, 0.1) is 0 Å². The summed E-state index contributed by atoms with van der Waals surface area (Å²) in [5, 5.41) is 0. The predicted molar refractivity (Wildman–Crippen MR) is 96.3 cm³/mol.